The molecular formula is C22H23F6N3O3S. The molecule has 2 N–H and O–H groups in total. The number of halogens is 6. The van der Waals surface area contributed by atoms with Crippen molar-refractivity contribution in [1.29, 1.82) is 0 Å². The average Bonchev–Trinajstić information content (AvgIpc) is 3.33. The van der Waals surface area contributed by atoms with Crippen LogP contribution in [-0.2, 0) is 23.6 Å². The highest BCUT2D eigenvalue weighted by Gasteiger charge is 2.38. The van der Waals surface area contributed by atoms with Gasteiger partial charge in [0.2, 0.25) is 0 Å². The first-order valence-corrected chi connectivity index (χ1v) is 11.8. The van der Waals surface area contributed by atoms with Crippen LogP contribution in [0.2, 0.25) is 0 Å². The largest absolute Gasteiger partial charge is 0.416 e. The van der Waals surface area contributed by atoms with Crippen LogP contribution in [0.25, 0.3) is 0 Å². The molecule has 0 spiro atoms. The summed E-state index contributed by atoms with van der Waals surface area (Å²) >= 11 is 0.966. The summed E-state index contributed by atoms with van der Waals surface area (Å²) in [5.74, 6) is 0.419. The number of nitrogens with one attached hydrogen (secondary N) is 1. The summed E-state index contributed by atoms with van der Waals surface area (Å²) in [4.78, 5) is 18.2. The van der Waals surface area contributed by atoms with Crippen LogP contribution in [-0.4, -0.2) is 53.1 Å². The first kappa shape index (κ1) is 26.0. The lowest BCUT2D eigenvalue weighted by atomic mass is 9.95. The molecule has 0 aromatic heterocycles. The topological polar surface area (TPSA) is 74.2 Å². The molecule has 3 aliphatic rings. The number of aliphatic hydroxyl groups is 1. The van der Waals surface area contributed by atoms with Crippen LogP contribution in [0.15, 0.2) is 34.2 Å². The van der Waals surface area contributed by atoms with E-state index in [2.05, 4.69) is 10.3 Å². The monoisotopic (exact) mass is 523 g/mol. The van der Waals surface area contributed by atoms with Crippen LogP contribution < -0.4 is 5.32 Å². The number of amidine groups is 1. The normalized spacial score (nSPS) is 26.0. The van der Waals surface area contributed by atoms with Gasteiger partial charge in [-0.2, -0.15) is 31.3 Å². The predicted molar refractivity (Wildman–Crippen MR) is 116 cm³/mol. The smallest absolute Gasteiger partial charge is 0.366 e. The number of hydrogen-bond acceptors (Lipinski definition) is 6. The minimum atomic E-state index is -4.90. The summed E-state index contributed by atoms with van der Waals surface area (Å²) < 4.78 is 84.1. The zero-order valence-corrected chi connectivity index (χ0v) is 19.1. The van der Waals surface area contributed by atoms with Gasteiger partial charge in [0.1, 0.15) is 5.84 Å². The zero-order valence-electron chi connectivity index (χ0n) is 18.3. The van der Waals surface area contributed by atoms with Crippen molar-refractivity contribution in [2.24, 2.45) is 10.9 Å². The third-order valence-electron chi connectivity index (χ3n) is 6.17. The van der Waals surface area contributed by atoms with E-state index in [0.29, 0.717) is 55.8 Å². The summed E-state index contributed by atoms with van der Waals surface area (Å²) in [6, 6.07) is 1.37. The molecule has 2 atom stereocenters. The molecule has 3 heterocycles. The van der Waals surface area contributed by atoms with Crippen molar-refractivity contribution in [3.63, 3.8) is 0 Å². The van der Waals surface area contributed by atoms with Gasteiger partial charge >= 0.3 is 17.6 Å². The van der Waals surface area contributed by atoms with Crippen LogP contribution in [0, 0.1) is 5.92 Å². The molecule has 192 valence electrons. The van der Waals surface area contributed by atoms with Crippen molar-refractivity contribution in [3.05, 3.63) is 45.9 Å². The minimum absolute atomic E-state index is 0.0473. The molecule has 1 aromatic rings. The van der Waals surface area contributed by atoms with Gasteiger partial charge in [-0.15, -0.1) is 0 Å². The second-order valence-electron chi connectivity index (χ2n) is 8.64. The van der Waals surface area contributed by atoms with E-state index in [1.54, 1.807) is 4.90 Å². The Morgan fingerprint density at radius 2 is 1.86 bits per heavy atom. The number of benzene rings is 1. The SMILES string of the molecule is O=C1N=C(N[C@H]2CCO[C@@H]2O)/C(=C/C2CCN(Cc3ccc(C(F)(F)F)cc3C(F)(F)F)CC2)S1. The van der Waals surface area contributed by atoms with Gasteiger partial charge in [0, 0.05) is 6.54 Å². The minimum Gasteiger partial charge on any atom is -0.366 e. The highest BCUT2D eigenvalue weighted by atomic mass is 32.2. The molecule has 0 aliphatic carbocycles. The summed E-state index contributed by atoms with van der Waals surface area (Å²) in [7, 11) is 0. The van der Waals surface area contributed by atoms with E-state index in [1.807, 2.05) is 6.08 Å². The predicted octanol–water partition coefficient (Wildman–Crippen LogP) is 4.78. The molecule has 13 heteroatoms. The van der Waals surface area contributed by atoms with Gasteiger partial charge in [0.25, 0.3) is 0 Å². The molecular weight excluding hydrogens is 500 g/mol. The number of amides is 1. The third kappa shape index (κ3) is 6.38. The van der Waals surface area contributed by atoms with E-state index in [-0.39, 0.29) is 35.4 Å². The second-order valence-corrected chi connectivity index (χ2v) is 9.63. The molecule has 2 saturated heterocycles. The molecule has 0 unspecified atom stereocenters. The van der Waals surface area contributed by atoms with Crippen molar-refractivity contribution in [1.82, 2.24) is 10.2 Å². The van der Waals surface area contributed by atoms with Crippen LogP contribution in [0.4, 0.5) is 31.1 Å². The van der Waals surface area contributed by atoms with Gasteiger partial charge in [-0.3, -0.25) is 9.69 Å². The zero-order chi connectivity index (χ0) is 25.4. The van der Waals surface area contributed by atoms with Crippen LogP contribution in [0.5, 0.6) is 0 Å². The quantitative estimate of drug-likeness (QED) is 0.554. The fourth-order valence-electron chi connectivity index (χ4n) is 4.31. The fraction of sp³-hybridized carbons (Fsp3) is 0.545. The van der Waals surface area contributed by atoms with E-state index < -0.39 is 29.8 Å². The third-order valence-corrected chi connectivity index (χ3v) is 6.99. The Balaban J connectivity index is 1.39. The number of aliphatic imine (C=N–C) groups is 1. The molecule has 35 heavy (non-hydrogen) atoms. The Bertz CT molecular complexity index is 1020. The summed E-state index contributed by atoms with van der Waals surface area (Å²) in [5.41, 5.74) is -2.80. The Morgan fingerprint density at radius 3 is 2.46 bits per heavy atom. The lowest BCUT2D eigenvalue weighted by Crippen LogP contribution is -2.40. The summed E-state index contributed by atoms with van der Waals surface area (Å²) in [5, 5.41) is 12.5. The second kappa shape index (κ2) is 10.1. The fourth-order valence-corrected chi connectivity index (χ4v) is 5.10. The van der Waals surface area contributed by atoms with Crippen molar-refractivity contribution >= 4 is 22.8 Å². The number of allylic oxidation sites excluding steroid dienone is 1. The lowest BCUT2D eigenvalue weighted by molar-refractivity contribution is -0.143. The number of likely N-dealkylation sites (tertiary alicyclic amines) is 1. The molecule has 3 aliphatic heterocycles. The summed E-state index contributed by atoms with van der Waals surface area (Å²) in [6.07, 6.45) is -7.08. The highest BCUT2D eigenvalue weighted by molar-refractivity contribution is 8.18. The van der Waals surface area contributed by atoms with Gasteiger partial charge in [0.05, 0.1) is 28.7 Å². The number of rotatable bonds is 4. The number of carbonyl (C=O) groups is 1. The molecule has 0 saturated carbocycles. The van der Waals surface area contributed by atoms with Gasteiger partial charge in [-0.25, -0.2) is 0 Å². The Kier molecular flexibility index (Phi) is 7.51. The molecule has 1 aromatic carbocycles. The molecule has 0 bridgehead atoms. The van der Waals surface area contributed by atoms with E-state index in [1.165, 1.54) is 0 Å². The highest BCUT2D eigenvalue weighted by Crippen LogP contribution is 2.38. The lowest BCUT2D eigenvalue weighted by Gasteiger charge is -2.31. The Morgan fingerprint density at radius 1 is 1.14 bits per heavy atom. The Labute approximate surface area is 201 Å². The van der Waals surface area contributed by atoms with Gasteiger partial charge in [-0.05, 0) is 67.7 Å². The number of piperidine rings is 1. The van der Waals surface area contributed by atoms with Crippen LogP contribution >= 0.6 is 11.8 Å². The van der Waals surface area contributed by atoms with E-state index in [0.717, 1.165) is 17.8 Å². The number of carbonyl (C=O) groups excluding carboxylic acids is 1. The number of nitrogens with zero attached hydrogens (tertiary/aromatic N) is 2. The number of hydrogen-bond donors (Lipinski definition) is 2. The molecule has 6 nitrogen and oxygen atoms in total. The molecule has 1 amide bonds. The van der Waals surface area contributed by atoms with E-state index in [4.69, 9.17) is 4.74 Å². The number of aliphatic hydroxyl groups excluding tert-OH is 1. The average molecular weight is 523 g/mol. The standard InChI is InChI=1S/C22H23F6N3O3S/c23-21(24,25)14-2-1-13(15(10-14)22(26,27)28)11-31-6-3-12(4-7-31)9-17-18(30-20(33)35-17)29-16-5-8-34-19(16)32/h1-2,9-10,12,16,19,32H,3-8,11H2,(H,29,30,33)/b17-9-/t16-,19-/m0/s1. The van der Waals surface area contributed by atoms with Crippen LogP contribution in [0.3, 0.4) is 0 Å². The number of ether oxygens (including phenoxy) is 1. The first-order chi connectivity index (χ1) is 16.4. The molecule has 2 fully saturated rings. The van der Waals surface area contributed by atoms with Crippen molar-refractivity contribution in [2.45, 2.75) is 50.5 Å². The van der Waals surface area contributed by atoms with Gasteiger partial charge in [-0.1, -0.05) is 12.1 Å². The van der Waals surface area contributed by atoms with Gasteiger partial charge in [0.15, 0.2) is 6.29 Å². The maximum Gasteiger partial charge on any atom is 0.416 e. The summed E-state index contributed by atoms with van der Waals surface area (Å²) in [6.45, 7) is 1.16. The van der Waals surface area contributed by atoms with E-state index in [9.17, 15) is 36.2 Å². The number of alkyl halides is 6. The first-order valence-electron chi connectivity index (χ1n) is 11.0. The molecule has 0 radical (unpaired) electrons. The van der Waals surface area contributed by atoms with E-state index >= 15 is 0 Å². The van der Waals surface area contributed by atoms with Crippen LogP contribution in [0.1, 0.15) is 36.0 Å². The van der Waals surface area contributed by atoms with Crippen molar-refractivity contribution in [3.8, 4) is 0 Å². The number of thioether (sulfide) groups is 1. The maximum atomic E-state index is 13.4. The maximum absolute atomic E-state index is 13.4. The van der Waals surface area contributed by atoms with Gasteiger partial charge < -0.3 is 15.2 Å². The Hall–Kier alpha value is -2.09. The molecule has 4 rings (SSSR count). The van der Waals surface area contributed by atoms with Crippen molar-refractivity contribution < 1.29 is 41.0 Å². The van der Waals surface area contributed by atoms with Crippen molar-refractivity contribution in [2.75, 3.05) is 19.7 Å².